The highest BCUT2D eigenvalue weighted by atomic mass is 32.1. The van der Waals surface area contributed by atoms with E-state index in [2.05, 4.69) is 25.8 Å². The van der Waals surface area contributed by atoms with Crippen LogP contribution in [0.4, 0.5) is 21.9 Å². The van der Waals surface area contributed by atoms with Crippen molar-refractivity contribution in [2.45, 2.75) is 45.4 Å². The Kier molecular flexibility index (Phi) is 8.66. The van der Waals surface area contributed by atoms with Gasteiger partial charge in [-0.25, -0.2) is 4.79 Å². The number of thiophene rings is 1. The smallest absolute Gasteiger partial charge is 0.412 e. The number of carbonyl (C=O) groups is 2. The topological polar surface area (TPSA) is 95.6 Å². The van der Waals surface area contributed by atoms with Crippen molar-refractivity contribution in [2.24, 2.45) is 0 Å². The Balaban J connectivity index is 1.23. The minimum atomic E-state index is -0.641. The largest absolute Gasteiger partial charge is 0.444 e. The Morgan fingerprint density at radius 1 is 1.02 bits per heavy atom. The number of aromatic nitrogens is 1. The third-order valence-electron chi connectivity index (χ3n) is 6.64. The maximum atomic E-state index is 13.3. The molecule has 0 radical (unpaired) electrons. The van der Waals surface area contributed by atoms with Gasteiger partial charge in [-0.05, 0) is 86.2 Å². The molecule has 1 fully saturated rings. The molecule has 2 aromatic heterocycles. The first-order chi connectivity index (χ1) is 19.7. The highest BCUT2D eigenvalue weighted by Gasteiger charge is 2.23. The molecular weight excluding hydrogens is 534 g/mol. The molecule has 8 nitrogen and oxygen atoms in total. The maximum Gasteiger partial charge on any atom is 0.412 e. The Bertz CT molecular complexity index is 1470. The predicted molar refractivity (Wildman–Crippen MR) is 166 cm³/mol. The quantitative estimate of drug-likeness (QED) is 0.210. The second-order valence-electron chi connectivity index (χ2n) is 11.1. The summed E-state index contributed by atoms with van der Waals surface area (Å²) in [5, 5.41) is 11.3. The molecule has 1 unspecified atom stereocenters. The summed E-state index contributed by atoms with van der Waals surface area (Å²) in [6, 6.07) is 21.6. The summed E-state index contributed by atoms with van der Waals surface area (Å²) in [6.07, 6.45) is 4.11. The normalized spacial score (nSPS) is 15.3. The molecule has 0 saturated carbocycles. The van der Waals surface area contributed by atoms with Crippen LogP contribution in [0.15, 0.2) is 84.5 Å². The number of hydrogen-bond acceptors (Lipinski definition) is 7. The summed E-state index contributed by atoms with van der Waals surface area (Å²) < 4.78 is 5.42. The lowest BCUT2D eigenvalue weighted by Crippen LogP contribution is -2.27. The van der Waals surface area contributed by atoms with Gasteiger partial charge in [0.2, 0.25) is 0 Å². The highest BCUT2D eigenvalue weighted by molar-refractivity contribution is 7.13. The number of amides is 2. The monoisotopic (exact) mass is 569 g/mol. The fourth-order valence-corrected chi connectivity index (χ4v) is 5.48. The van der Waals surface area contributed by atoms with E-state index < -0.39 is 11.7 Å². The van der Waals surface area contributed by atoms with Gasteiger partial charge in [-0.1, -0.05) is 24.3 Å². The summed E-state index contributed by atoms with van der Waals surface area (Å²) in [4.78, 5) is 33.4. The van der Waals surface area contributed by atoms with Gasteiger partial charge in [-0.2, -0.15) is 0 Å². The van der Waals surface area contributed by atoms with Crippen LogP contribution in [0, 0.1) is 0 Å². The first-order valence-corrected chi connectivity index (χ1v) is 14.6. The van der Waals surface area contributed by atoms with E-state index in [0.717, 1.165) is 47.7 Å². The van der Waals surface area contributed by atoms with Crippen molar-refractivity contribution < 1.29 is 14.3 Å². The minimum absolute atomic E-state index is 0.256. The van der Waals surface area contributed by atoms with Crippen molar-refractivity contribution in [1.82, 2.24) is 9.88 Å². The first kappa shape index (κ1) is 28.3. The molecule has 3 heterocycles. The second kappa shape index (κ2) is 12.5. The van der Waals surface area contributed by atoms with Crippen molar-refractivity contribution in [1.29, 1.82) is 0 Å². The Morgan fingerprint density at radius 2 is 1.85 bits per heavy atom. The van der Waals surface area contributed by atoms with Gasteiger partial charge in [-0.3, -0.25) is 20.0 Å². The summed E-state index contributed by atoms with van der Waals surface area (Å²) in [5.74, 6) is -0.256. The van der Waals surface area contributed by atoms with Gasteiger partial charge in [0.25, 0.3) is 5.91 Å². The average Bonchev–Trinajstić information content (AvgIpc) is 3.62. The van der Waals surface area contributed by atoms with E-state index in [-0.39, 0.29) is 5.91 Å². The Hall–Kier alpha value is -4.21. The molecule has 2 aromatic carbocycles. The van der Waals surface area contributed by atoms with Crippen LogP contribution in [0.5, 0.6) is 0 Å². The van der Waals surface area contributed by atoms with Crippen molar-refractivity contribution >= 4 is 40.4 Å². The number of nitrogens with zero attached hydrogens (tertiary/aromatic N) is 2. The number of rotatable bonds is 8. The molecule has 9 heteroatoms. The highest BCUT2D eigenvalue weighted by Crippen LogP contribution is 2.32. The SMILES string of the molecule is CC(C)(C)OC(=O)Nc1ccc(-c2cccs2)cc1NC(=O)c1ccc(CN2CCC(Nc3cccnc3)C2)cc1. The molecule has 1 saturated heterocycles. The van der Waals surface area contributed by atoms with E-state index in [1.807, 2.05) is 72.2 Å². The van der Waals surface area contributed by atoms with Crippen LogP contribution in [-0.2, 0) is 11.3 Å². The van der Waals surface area contributed by atoms with E-state index in [1.165, 1.54) is 0 Å². The van der Waals surface area contributed by atoms with Gasteiger partial charge >= 0.3 is 6.09 Å². The van der Waals surface area contributed by atoms with Gasteiger partial charge in [0.15, 0.2) is 0 Å². The van der Waals surface area contributed by atoms with Crippen LogP contribution in [0.2, 0.25) is 0 Å². The van der Waals surface area contributed by atoms with Gasteiger partial charge in [-0.15, -0.1) is 11.3 Å². The van der Waals surface area contributed by atoms with Crippen LogP contribution < -0.4 is 16.0 Å². The van der Waals surface area contributed by atoms with Crippen molar-refractivity contribution in [2.75, 3.05) is 29.0 Å². The average molecular weight is 570 g/mol. The number of likely N-dealkylation sites (tertiary alicyclic amines) is 1. The van der Waals surface area contributed by atoms with Gasteiger partial charge in [0, 0.05) is 48.5 Å². The van der Waals surface area contributed by atoms with Crippen molar-refractivity contribution in [3.8, 4) is 10.4 Å². The molecule has 41 heavy (non-hydrogen) atoms. The summed E-state index contributed by atoms with van der Waals surface area (Å²) in [5.41, 5.74) is 4.00. The molecule has 2 amide bonds. The molecule has 1 atom stereocenters. The van der Waals surface area contributed by atoms with Crippen LogP contribution in [0.25, 0.3) is 10.4 Å². The summed E-state index contributed by atoms with van der Waals surface area (Å²) in [7, 11) is 0. The lowest BCUT2D eigenvalue weighted by atomic mass is 10.1. The number of pyridine rings is 1. The fraction of sp³-hybridized carbons (Fsp3) is 0.281. The van der Waals surface area contributed by atoms with Crippen LogP contribution in [-0.4, -0.2) is 46.6 Å². The third-order valence-corrected chi connectivity index (χ3v) is 7.56. The molecule has 212 valence electrons. The molecule has 5 rings (SSSR count). The van der Waals surface area contributed by atoms with E-state index in [0.29, 0.717) is 23.0 Å². The number of carbonyl (C=O) groups excluding carboxylic acids is 2. The van der Waals surface area contributed by atoms with Crippen LogP contribution in [0.3, 0.4) is 0 Å². The van der Waals surface area contributed by atoms with Crippen molar-refractivity contribution in [3.05, 3.63) is 95.6 Å². The van der Waals surface area contributed by atoms with E-state index in [1.54, 1.807) is 44.4 Å². The molecule has 0 aliphatic carbocycles. The predicted octanol–water partition coefficient (Wildman–Crippen LogP) is 7.10. The number of hydrogen-bond donors (Lipinski definition) is 3. The Labute approximate surface area is 244 Å². The van der Waals surface area contributed by atoms with Gasteiger partial charge in [0.1, 0.15) is 5.60 Å². The van der Waals surface area contributed by atoms with Crippen molar-refractivity contribution in [3.63, 3.8) is 0 Å². The Morgan fingerprint density at radius 3 is 2.56 bits per heavy atom. The van der Waals surface area contributed by atoms with Crippen LogP contribution >= 0.6 is 11.3 Å². The maximum absolute atomic E-state index is 13.3. The molecule has 1 aliphatic heterocycles. The molecular formula is C32H35N5O3S. The van der Waals surface area contributed by atoms with Gasteiger partial charge < -0.3 is 15.4 Å². The minimum Gasteiger partial charge on any atom is -0.444 e. The number of benzene rings is 2. The second-order valence-corrected chi connectivity index (χ2v) is 12.1. The van der Waals surface area contributed by atoms with Gasteiger partial charge in [0.05, 0.1) is 17.1 Å². The molecule has 0 bridgehead atoms. The summed E-state index contributed by atoms with van der Waals surface area (Å²) in [6.45, 7) is 8.19. The summed E-state index contributed by atoms with van der Waals surface area (Å²) >= 11 is 1.61. The van der Waals surface area contributed by atoms with E-state index in [4.69, 9.17) is 4.74 Å². The number of anilines is 3. The standard InChI is InChI=1S/C32H35N5O3S/c1-32(2,3)40-31(39)36-27-13-12-24(29-7-5-17-41-29)18-28(27)35-30(38)23-10-8-22(9-11-23)20-37-16-14-26(21-37)34-25-6-4-15-33-19-25/h4-13,15,17-19,26,34H,14,16,20-21H2,1-3H3,(H,35,38)(H,36,39). The molecule has 3 N–H and O–H groups in total. The zero-order valence-electron chi connectivity index (χ0n) is 23.5. The molecule has 0 spiro atoms. The number of nitrogens with one attached hydrogen (secondary N) is 3. The fourth-order valence-electron chi connectivity index (χ4n) is 4.76. The number of ether oxygens (including phenoxy) is 1. The van der Waals surface area contributed by atoms with Crippen LogP contribution in [0.1, 0.15) is 43.1 Å². The first-order valence-electron chi connectivity index (χ1n) is 13.7. The molecule has 1 aliphatic rings. The zero-order chi connectivity index (χ0) is 28.8. The lowest BCUT2D eigenvalue weighted by Gasteiger charge is -2.21. The van der Waals surface area contributed by atoms with E-state index in [9.17, 15) is 9.59 Å². The molecule has 4 aromatic rings. The third kappa shape index (κ3) is 7.93. The van der Waals surface area contributed by atoms with E-state index >= 15 is 0 Å². The zero-order valence-corrected chi connectivity index (χ0v) is 24.3. The lowest BCUT2D eigenvalue weighted by molar-refractivity contribution is 0.0635.